The highest BCUT2D eigenvalue weighted by Gasteiger charge is 2.29. The van der Waals surface area contributed by atoms with Gasteiger partial charge in [-0.15, -0.1) is 0 Å². The summed E-state index contributed by atoms with van der Waals surface area (Å²) in [5.41, 5.74) is 0.992. The standard InChI is InChI=1S/C18H20BrN3O3S/c19-17-9-5-4-6-15(17)14-20-18(23)21-10-12-22(13-11-21)26(24,25)16-7-2-1-3-8-16/h1-9H,10-14H2,(H,20,23). The van der Waals surface area contributed by atoms with E-state index >= 15 is 0 Å². The quantitative estimate of drug-likeness (QED) is 0.798. The second kappa shape index (κ2) is 8.20. The van der Waals surface area contributed by atoms with Crippen LogP contribution in [0.15, 0.2) is 64.0 Å². The Labute approximate surface area is 162 Å². The molecule has 1 aliphatic heterocycles. The predicted octanol–water partition coefficient (Wildman–Crippen LogP) is 2.67. The zero-order valence-corrected chi connectivity index (χ0v) is 16.5. The Bertz CT molecular complexity index is 866. The maximum Gasteiger partial charge on any atom is 0.317 e. The van der Waals surface area contributed by atoms with Crippen LogP contribution in [0.4, 0.5) is 4.79 Å². The Balaban J connectivity index is 1.55. The van der Waals surface area contributed by atoms with Gasteiger partial charge in [0.1, 0.15) is 0 Å². The Kier molecular flexibility index (Phi) is 5.95. The molecule has 0 aromatic heterocycles. The highest BCUT2D eigenvalue weighted by Crippen LogP contribution is 2.18. The summed E-state index contributed by atoms with van der Waals surface area (Å²) in [6.07, 6.45) is 0. The Morgan fingerprint density at radius 3 is 2.23 bits per heavy atom. The zero-order chi connectivity index (χ0) is 18.6. The van der Waals surface area contributed by atoms with E-state index in [0.29, 0.717) is 32.7 Å². The van der Waals surface area contributed by atoms with Gasteiger partial charge in [0.05, 0.1) is 4.90 Å². The average molecular weight is 438 g/mol. The monoisotopic (exact) mass is 437 g/mol. The first-order chi connectivity index (χ1) is 12.5. The van der Waals surface area contributed by atoms with E-state index in [1.165, 1.54) is 4.31 Å². The highest BCUT2D eigenvalue weighted by atomic mass is 79.9. The van der Waals surface area contributed by atoms with Gasteiger partial charge >= 0.3 is 6.03 Å². The van der Waals surface area contributed by atoms with Crippen LogP contribution < -0.4 is 5.32 Å². The first kappa shape index (κ1) is 18.9. The lowest BCUT2D eigenvalue weighted by Crippen LogP contribution is -2.52. The highest BCUT2D eigenvalue weighted by molar-refractivity contribution is 9.10. The van der Waals surface area contributed by atoms with Crippen molar-refractivity contribution >= 4 is 32.0 Å². The second-order valence-electron chi connectivity index (χ2n) is 5.95. The molecule has 0 aliphatic carbocycles. The minimum atomic E-state index is -3.50. The molecule has 1 N–H and O–H groups in total. The molecule has 0 saturated carbocycles. The van der Waals surface area contributed by atoms with Crippen molar-refractivity contribution in [2.75, 3.05) is 26.2 Å². The molecule has 1 aliphatic rings. The Morgan fingerprint density at radius 2 is 1.58 bits per heavy atom. The SMILES string of the molecule is O=C(NCc1ccccc1Br)N1CCN(S(=O)(=O)c2ccccc2)CC1. The molecule has 0 radical (unpaired) electrons. The summed E-state index contributed by atoms with van der Waals surface area (Å²) in [7, 11) is -3.50. The summed E-state index contributed by atoms with van der Waals surface area (Å²) < 4.78 is 27.6. The van der Waals surface area contributed by atoms with Crippen LogP contribution in [0.2, 0.25) is 0 Å². The summed E-state index contributed by atoms with van der Waals surface area (Å²) in [6, 6.07) is 15.9. The number of rotatable bonds is 4. The van der Waals surface area contributed by atoms with Gasteiger partial charge in [-0.2, -0.15) is 4.31 Å². The minimum Gasteiger partial charge on any atom is -0.334 e. The van der Waals surface area contributed by atoms with E-state index in [0.717, 1.165) is 10.0 Å². The Morgan fingerprint density at radius 1 is 0.962 bits per heavy atom. The molecule has 0 bridgehead atoms. The molecule has 0 atom stereocenters. The van der Waals surface area contributed by atoms with Crippen LogP contribution >= 0.6 is 15.9 Å². The van der Waals surface area contributed by atoms with Gasteiger partial charge in [-0.05, 0) is 23.8 Å². The topological polar surface area (TPSA) is 69.7 Å². The van der Waals surface area contributed by atoms with Gasteiger partial charge in [0.2, 0.25) is 10.0 Å². The second-order valence-corrected chi connectivity index (χ2v) is 8.75. The molecule has 1 fully saturated rings. The third-order valence-corrected chi connectivity index (χ3v) is 6.98. The van der Waals surface area contributed by atoms with E-state index in [9.17, 15) is 13.2 Å². The average Bonchev–Trinajstić information content (AvgIpc) is 2.68. The number of carbonyl (C=O) groups is 1. The fourth-order valence-corrected chi connectivity index (χ4v) is 4.67. The van der Waals surface area contributed by atoms with Crippen molar-refractivity contribution < 1.29 is 13.2 Å². The lowest BCUT2D eigenvalue weighted by Gasteiger charge is -2.34. The first-order valence-electron chi connectivity index (χ1n) is 8.30. The summed E-state index contributed by atoms with van der Waals surface area (Å²) in [5, 5.41) is 2.88. The van der Waals surface area contributed by atoms with Crippen molar-refractivity contribution in [2.45, 2.75) is 11.4 Å². The van der Waals surface area contributed by atoms with Crippen LogP contribution in [0.3, 0.4) is 0 Å². The molecular weight excluding hydrogens is 418 g/mol. The van der Waals surface area contributed by atoms with Crippen LogP contribution in [0, 0.1) is 0 Å². The number of sulfonamides is 1. The van der Waals surface area contributed by atoms with Crippen molar-refractivity contribution in [2.24, 2.45) is 0 Å². The lowest BCUT2D eigenvalue weighted by atomic mass is 10.2. The number of nitrogens with zero attached hydrogens (tertiary/aromatic N) is 2. The summed E-state index contributed by atoms with van der Waals surface area (Å²) in [6.45, 7) is 1.74. The zero-order valence-electron chi connectivity index (χ0n) is 14.1. The third-order valence-electron chi connectivity index (χ3n) is 4.29. The number of nitrogens with one attached hydrogen (secondary N) is 1. The van der Waals surface area contributed by atoms with Crippen molar-refractivity contribution in [3.05, 3.63) is 64.6 Å². The smallest absolute Gasteiger partial charge is 0.317 e. The first-order valence-corrected chi connectivity index (χ1v) is 10.5. The van der Waals surface area contributed by atoms with Crippen LogP contribution in [-0.2, 0) is 16.6 Å². The van der Waals surface area contributed by atoms with Crippen molar-refractivity contribution in [1.82, 2.24) is 14.5 Å². The number of benzene rings is 2. The van der Waals surface area contributed by atoms with E-state index in [4.69, 9.17) is 0 Å². The number of halogens is 1. The van der Waals surface area contributed by atoms with Crippen LogP contribution in [0.25, 0.3) is 0 Å². The minimum absolute atomic E-state index is 0.183. The predicted molar refractivity (Wildman–Crippen MR) is 103 cm³/mol. The number of hydrogen-bond donors (Lipinski definition) is 1. The molecule has 1 saturated heterocycles. The summed E-state index contributed by atoms with van der Waals surface area (Å²) in [5.74, 6) is 0. The molecule has 2 amide bonds. The molecule has 0 unspecified atom stereocenters. The van der Waals surface area contributed by atoms with Crippen LogP contribution in [-0.4, -0.2) is 49.8 Å². The summed E-state index contributed by atoms with van der Waals surface area (Å²) >= 11 is 3.46. The normalized spacial score (nSPS) is 15.7. The van der Waals surface area contributed by atoms with E-state index in [1.807, 2.05) is 24.3 Å². The molecule has 6 nitrogen and oxygen atoms in total. The van der Waals surface area contributed by atoms with Crippen LogP contribution in [0.1, 0.15) is 5.56 Å². The number of hydrogen-bond acceptors (Lipinski definition) is 3. The maximum atomic E-state index is 12.6. The number of carbonyl (C=O) groups excluding carboxylic acids is 1. The Hall–Kier alpha value is -1.90. The van der Waals surface area contributed by atoms with E-state index in [1.54, 1.807) is 35.2 Å². The van der Waals surface area contributed by atoms with Crippen molar-refractivity contribution in [1.29, 1.82) is 0 Å². The van der Waals surface area contributed by atoms with Gasteiger partial charge in [0, 0.05) is 37.2 Å². The van der Waals surface area contributed by atoms with Gasteiger partial charge in [-0.3, -0.25) is 0 Å². The molecule has 3 rings (SSSR count). The van der Waals surface area contributed by atoms with Crippen molar-refractivity contribution in [3.63, 3.8) is 0 Å². The maximum absolute atomic E-state index is 12.6. The molecule has 26 heavy (non-hydrogen) atoms. The number of urea groups is 1. The third kappa shape index (κ3) is 4.25. The molecule has 138 valence electrons. The van der Waals surface area contributed by atoms with E-state index in [2.05, 4.69) is 21.2 Å². The fourth-order valence-electron chi connectivity index (χ4n) is 2.80. The van der Waals surface area contributed by atoms with Crippen molar-refractivity contribution in [3.8, 4) is 0 Å². The van der Waals surface area contributed by atoms with Crippen LogP contribution in [0.5, 0.6) is 0 Å². The number of amides is 2. The summed E-state index contributed by atoms with van der Waals surface area (Å²) in [4.78, 5) is 14.3. The largest absolute Gasteiger partial charge is 0.334 e. The fraction of sp³-hybridized carbons (Fsp3) is 0.278. The van der Waals surface area contributed by atoms with Gasteiger partial charge in [-0.25, -0.2) is 13.2 Å². The van der Waals surface area contributed by atoms with Gasteiger partial charge < -0.3 is 10.2 Å². The molecule has 2 aromatic carbocycles. The van der Waals surface area contributed by atoms with Gasteiger partial charge in [-0.1, -0.05) is 52.3 Å². The molecule has 0 spiro atoms. The van der Waals surface area contributed by atoms with E-state index < -0.39 is 10.0 Å². The van der Waals surface area contributed by atoms with Gasteiger partial charge in [0.15, 0.2) is 0 Å². The molecule has 1 heterocycles. The number of piperazine rings is 1. The molecule has 2 aromatic rings. The molecular formula is C18H20BrN3O3S. The van der Waals surface area contributed by atoms with Gasteiger partial charge in [0.25, 0.3) is 0 Å². The molecule has 8 heteroatoms. The van der Waals surface area contributed by atoms with E-state index in [-0.39, 0.29) is 10.9 Å². The lowest BCUT2D eigenvalue weighted by molar-refractivity contribution is 0.172.